The third-order valence-electron chi connectivity index (χ3n) is 6.46. The molecule has 5 nitrogen and oxygen atoms in total. The zero-order valence-electron chi connectivity index (χ0n) is 17.3. The Labute approximate surface area is 171 Å². The van der Waals surface area contributed by atoms with Crippen LogP contribution < -0.4 is 0 Å². The van der Waals surface area contributed by atoms with Crippen molar-refractivity contribution in [2.45, 2.75) is 58.4 Å². The maximum Gasteiger partial charge on any atom is 0.254 e. The van der Waals surface area contributed by atoms with E-state index in [4.69, 9.17) is 4.98 Å². The molecule has 2 aliphatic rings. The molecule has 0 unspecified atom stereocenters. The van der Waals surface area contributed by atoms with Gasteiger partial charge < -0.3 is 4.90 Å². The molecule has 2 fully saturated rings. The Morgan fingerprint density at radius 3 is 2.52 bits per heavy atom. The van der Waals surface area contributed by atoms with Crippen LogP contribution in [-0.4, -0.2) is 38.3 Å². The summed E-state index contributed by atoms with van der Waals surface area (Å²) < 4.78 is 0. The van der Waals surface area contributed by atoms with E-state index >= 15 is 0 Å². The molecule has 1 saturated heterocycles. The molecule has 5 rings (SSSR count). The van der Waals surface area contributed by atoms with Gasteiger partial charge in [0.25, 0.3) is 5.91 Å². The lowest BCUT2D eigenvalue weighted by Crippen LogP contribution is -2.33. The van der Waals surface area contributed by atoms with Gasteiger partial charge in [-0.3, -0.25) is 4.79 Å². The maximum atomic E-state index is 13.5. The molecular formula is C24H26N4O. The van der Waals surface area contributed by atoms with Crippen LogP contribution in [-0.2, 0) is 0 Å². The van der Waals surface area contributed by atoms with E-state index in [1.807, 2.05) is 29.4 Å². The van der Waals surface area contributed by atoms with Gasteiger partial charge in [-0.05, 0) is 63.6 Å². The summed E-state index contributed by atoms with van der Waals surface area (Å²) in [6.07, 6.45) is 8.20. The molecule has 1 aromatic carbocycles. The van der Waals surface area contributed by atoms with E-state index in [0.29, 0.717) is 5.92 Å². The first-order valence-electron chi connectivity index (χ1n) is 10.6. The largest absolute Gasteiger partial charge is 0.336 e. The molecule has 1 aliphatic carbocycles. The first-order valence-corrected chi connectivity index (χ1v) is 10.6. The Kier molecular flexibility index (Phi) is 4.34. The van der Waals surface area contributed by atoms with Gasteiger partial charge in [0.15, 0.2) is 0 Å². The van der Waals surface area contributed by atoms with Crippen molar-refractivity contribution < 1.29 is 4.79 Å². The van der Waals surface area contributed by atoms with Gasteiger partial charge >= 0.3 is 0 Å². The monoisotopic (exact) mass is 386 g/mol. The second-order valence-electron chi connectivity index (χ2n) is 8.55. The Morgan fingerprint density at radius 1 is 1.10 bits per heavy atom. The molecule has 3 heterocycles. The topological polar surface area (TPSA) is 59.0 Å². The number of hydrogen-bond donors (Lipinski definition) is 0. The first-order chi connectivity index (χ1) is 14.0. The molecule has 2 aromatic heterocycles. The van der Waals surface area contributed by atoms with E-state index in [0.717, 1.165) is 58.5 Å². The molecule has 0 bridgehead atoms. The van der Waals surface area contributed by atoms with Crippen LogP contribution >= 0.6 is 0 Å². The molecule has 29 heavy (non-hydrogen) atoms. The summed E-state index contributed by atoms with van der Waals surface area (Å²) in [5.74, 6) is 1.54. The number of amides is 1. The van der Waals surface area contributed by atoms with E-state index in [-0.39, 0.29) is 11.9 Å². The molecule has 3 aromatic rings. The van der Waals surface area contributed by atoms with Crippen LogP contribution in [0, 0.1) is 13.8 Å². The smallest absolute Gasteiger partial charge is 0.254 e. The summed E-state index contributed by atoms with van der Waals surface area (Å²) in [6, 6.07) is 6.33. The predicted molar refractivity (Wildman–Crippen MR) is 114 cm³/mol. The van der Waals surface area contributed by atoms with Gasteiger partial charge in [0.2, 0.25) is 0 Å². The quantitative estimate of drug-likeness (QED) is 0.648. The minimum Gasteiger partial charge on any atom is -0.336 e. The molecule has 0 spiro atoms. The van der Waals surface area contributed by atoms with Crippen molar-refractivity contribution >= 4 is 16.8 Å². The molecule has 1 atom stereocenters. The summed E-state index contributed by atoms with van der Waals surface area (Å²) >= 11 is 0. The van der Waals surface area contributed by atoms with Crippen molar-refractivity contribution in [1.82, 2.24) is 19.9 Å². The Hall–Kier alpha value is -2.82. The third kappa shape index (κ3) is 3.18. The first kappa shape index (κ1) is 18.2. The maximum absolute atomic E-state index is 13.5. The lowest BCUT2D eigenvalue weighted by molar-refractivity contribution is 0.0749. The molecule has 0 radical (unpaired) electrons. The van der Waals surface area contributed by atoms with Crippen LogP contribution in [0.25, 0.3) is 22.2 Å². The summed E-state index contributed by atoms with van der Waals surface area (Å²) in [5, 5.41) is 0.927. The molecule has 0 N–H and O–H groups in total. The fourth-order valence-electron chi connectivity index (χ4n) is 4.27. The van der Waals surface area contributed by atoms with Gasteiger partial charge in [0.1, 0.15) is 5.82 Å². The number of fused-ring (bicyclic) bond motifs is 1. The highest BCUT2D eigenvalue weighted by atomic mass is 16.2. The average molecular weight is 386 g/mol. The predicted octanol–water partition coefficient (Wildman–Crippen LogP) is 4.81. The van der Waals surface area contributed by atoms with Crippen molar-refractivity contribution in [3.05, 3.63) is 53.1 Å². The lowest BCUT2D eigenvalue weighted by atomic mass is 9.99. The SMILES string of the molecule is Cc1ccc2c(C(=O)N3CCC[C@@H]3C)cc(-c3cnc(C4CC4)nc3)nc2c1C. The number of nitrogens with zero attached hydrogens (tertiary/aromatic N) is 4. The van der Waals surface area contributed by atoms with Gasteiger partial charge in [-0.2, -0.15) is 0 Å². The second-order valence-corrected chi connectivity index (χ2v) is 8.55. The zero-order chi connectivity index (χ0) is 20.1. The second kappa shape index (κ2) is 6.90. The van der Waals surface area contributed by atoms with E-state index in [9.17, 15) is 4.79 Å². The summed E-state index contributed by atoms with van der Waals surface area (Å²) in [6.45, 7) is 7.12. The number of hydrogen-bond acceptors (Lipinski definition) is 4. The van der Waals surface area contributed by atoms with Gasteiger partial charge in [-0.15, -0.1) is 0 Å². The molecule has 1 aliphatic heterocycles. The zero-order valence-corrected chi connectivity index (χ0v) is 17.3. The number of likely N-dealkylation sites (tertiary alicyclic amines) is 1. The highest BCUT2D eigenvalue weighted by molar-refractivity contribution is 6.08. The molecule has 1 saturated carbocycles. The van der Waals surface area contributed by atoms with Gasteiger partial charge in [0, 0.05) is 41.8 Å². The average Bonchev–Trinajstić information content (AvgIpc) is 3.50. The van der Waals surface area contributed by atoms with E-state index in [1.54, 1.807) is 0 Å². The van der Waals surface area contributed by atoms with Crippen molar-refractivity contribution in [2.24, 2.45) is 0 Å². The normalized spacial score (nSPS) is 19.1. The Morgan fingerprint density at radius 2 is 1.86 bits per heavy atom. The fraction of sp³-hybridized carbons (Fsp3) is 0.417. The van der Waals surface area contributed by atoms with Crippen LogP contribution in [0.4, 0.5) is 0 Å². The number of rotatable bonds is 3. The van der Waals surface area contributed by atoms with Crippen LogP contribution in [0.3, 0.4) is 0 Å². The lowest BCUT2D eigenvalue weighted by Gasteiger charge is -2.23. The van der Waals surface area contributed by atoms with Crippen LogP contribution in [0.1, 0.15) is 65.8 Å². The number of aromatic nitrogens is 3. The Bertz CT molecular complexity index is 1100. The van der Waals surface area contributed by atoms with Crippen LogP contribution in [0.2, 0.25) is 0 Å². The number of carbonyl (C=O) groups is 1. The van der Waals surface area contributed by atoms with Crippen molar-refractivity contribution in [1.29, 1.82) is 0 Å². The van der Waals surface area contributed by atoms with E-state index < -0.39 is 0 Å². The number of pyridine rings is 1. The summed E-state index contributed by atoms with van der Waals surface area (Å²) in [4.78, 5) is 29.5. The standard InChI is InChI=1S/C24H26N4O/c1-14-6-9-19-20(24(29)28-10-4-5-15(28)2)11-21(27-22(19)16(14)3)18-12-25-23(26-13-18)17-7-8-17/h6,9,11-13,15,17H,4-5,7-8,10H2,1-3H3/t15-/m0/s1. The van der Waals surface area contributed by atoms with Crippen LogP contribution in [0.5, 0.6) is 0 Å². The third-order valence-corrected chi connectivity index (χ3v) is 6.46. The summed E-state index contributed by atoms with van der Waals surface area (Å²) in [7, 11) is 0. The molecule has 5 heteroatoms. The number of aryl methyl sites for hydroxylation is 2. The molecular weight excluding hydrogens is 360 g/mol. The van der Waals surface area contributed by atoms with Crippen LogP contribution in [0.15, 0.2) is 30.6 Å². The number of carbonyl (C=O) groups excluding carboxylic acids is 1. The Balaban J connectivity index is 1.66. The highest BCUT2D eigenvalue weighted by Crippen LogP contribution is 2.38. The summed E-state index contributed by atoms with van der Waals surface area (Å²) in [5.41, 5.74) is 5.54. The molecule has 148 valence electrons. The van der Waals surface area contributed by atoms with Gasteiger partial charge in [0.05, 0.1) is 16.8 Å². The fourth-order valence-corrected chi connectivity index (χ4v) is 4.27. The number of benzene rings is 1. The van der Waals surface area contributed by atoms with E-state index in [1.165, 1.54) is 18.4 Å². The van der Waals surface area contributed by atoms with Gasteiger partial charge in [-0.1, -0.05) is 12.1 Å². The molecule has 1 amide bonds. The van der Waals surface area contributed by atoms with Crippen molar-refractivity contribution in [2.75, 3.05) is 6.54 Å². The van der Waals surface area contributed by atoms with E-state index in [2.05, 4.69) is 36.8 Å². The van der Waals surface area contributed by atoms with Crippen molar-refractivity contribution in [3.8, 4) is 11.3 Å². The minimum absolute atomic E-state index is 0.0995. The highest BCUT2D eigenvalue weighted by Gasteiger charge is 2.29. The van der Waals surface area contributed by atoms with Gasteiger partial charge in [-0.25, -0.2) is 15.0 Å². The minimum atomic E-state index is 0.0995. The van der Waals surface area contributed by atoms with Crippen molar-refractivity contribution in [3.63, 3.8) is 0 Å².